The highest BCUT2D eigenvalue weighted by atomic mass is 16.5. The van der Waals surface area contributed by atoms with E-state index in [0.717, 1.165) is 36.5 Å². The number of benzene rings is 2. The van der Waals surface area contributed by atoms with E-state index in [1.54, 1.807) is 6.07 Å². The minimum absolute atomic E-state index is 0.209. The van der Waals surface area contributed by atoms with Crippen molar-refractivity contribution in [1.82, 2.24) is 5.32 Å². The molecule has 1 amide bonds. The first-order valence-corrected chi connectivity index (χ1v) is 9.18. The van der Waals surface area contributed by atoms with Crippen LogP contribution in [-0.4, -0.2) is 24.5 Å². The zero-order valence-electron chi connectivity index (χ0n) is 14.5. The Bertz CT molecular complexity index is 728. The van der Waals surface area contributed by atoms with Crippen molar-refractivity contribution in [2.24, 2.45) is 0 Å². The predicted octanol–water partition coefficient (Wildman–Crippen LogP) is 4.23. The number of carbonyl (C=O) groups excluding carboxylic acids is 2. The van der Waals surface area contributed by atoms with Crippen LogP contribution >= 0.6 is 0 Å². The summed E-state index contributed by atoms with van der Waals surface area (Å²) in [5.41, 5.74) is 0.497. The summed E-state index contributed by atoms with van der Waals surface area (Å²) >= 11 is 0. The Morgan fingerprint density at radius 2 is 1.60 bits per heavy atom. The normalized spacial score (nSPS) is 16.0. The van der Waals surface area contributed by atoms with Crippen molar-refractivity contribution >= 4 is 22.6 Å². The van der Waals surface area contributed by atoms with Crippen LogP contribution in [0.4, 0.5) is 0 Å². The molecule has 1 fully saturated rings. The van der Waals surface area contributed by atoms with Crippen LogP contribution in [-0.2, 0) is 9.53 Å². The lowest BCUT2D eigenvalue weighted by Gasteiger charge is -2.20. The largest absolute Gasteiger partial charge is 0.452 e. The Kier molecular flexibility index (Phi) is 6.04. The first-order chi connectivity index (χ1) is 12.2. The fourth-order valence-electron chi connectivity index (χ4n) is 3.48. The summed E-state index contributed by atoms with van der Waals surface area (Å²) in [5.74, 6) is -0.663. The SMILES string of the molecule is O=C(COC(=O)c1cccc2ccccc12)NC1CCCCCCC1. The van der Waals surface area contributed by atoms with Gasteiger partial charge in [0.15, 0.2) is 6.61 Å². The van der Waals surface area contributed by atoms with Crippen molar-refractivity contribution in [2.45, 2.75) is 51.0 Å². The van der Waals surface area contributed by atoms with E-state index in [1.165, 1.54) is 19.3 Å². The minimum Gasteiger partial charge on any atom is -0.452 e. The third kappa shape index (κ3) is 4.81. The summed E-state index contributed by atoms with van der Waals surface area (Å²) in [4.78, 5) is 24.5. The monoisotopic (exact) mass is 339 g/mol. The van der Waals surface area contributed by atoms with E-state index >= 15 is 0 Å². The third-order valence-electron chi connectivity index (χ3n) is 4.81. The van der Waals surface area contributed by atoms with Gasteiger partial charge in [0, 0.05) is 6.04 Å². The van der Waals surface area contributed by atoms with Gasteiger partial charge < -0.3 is 10.1 Å². The number of fused-ring (bicyclic) bond motifs is 1. The van der Waals surface area contributed by atoms with Crippen LogP contribution in [0.3, 0.4) is 0 Å². The molecule has 0 heterocycles. The fraction of sp³-hybridized carbons (Fsp3) is 0.429. The van der Waals surface area contributed by atoms with Gasteiger partial charge in [0.25, 0.3) is 5.91 Å². The third-order valence-corrected chi connectivity index (χ3v) is 4.81. The van der Waals surface area contributed by atoms with E-state index < -0.39 is 5.97 Å². The number of hydrogen-bond donors (Lipinski definition) is 1. The summed E-state index contributed by atoms with van der Waals surface area (Å²) in [6, 6.07) is 13.4. The van der Waals surface area contributed by atoms with Crippen LogP contribution in [0.5, 0.6) is 0 Å². The highest BCUT2D eigenvalue weighted by molar-refractivity contribution is 6.04. The Balaban J connectivity index is 1.55. The van der Waals surface area contributed by atoms with Crippen molar-refractivity contribution in [2.75, 3.05) is 6.61 Å². The standard InChI is InChI=1S/C21H25NO3/c23-20(22-17-11-4-2-1-3-5-12-17)15-25-21(24)19-14-8-10-16-9-6-7-13-18(16)19/h6-10,13-14,17H,1-5,11-12,15H2,(H,22,23). The van der Waals surface area contributed by atoms with Gasteiger partial charge in [0.05, 0.1) is 5.56 Å². The van der Waals surface area contributed by atoms with E-state index in [-0.39, 0.29) is 18.6 Å². The van der Waals surface area contributed by atoms with Crippen LogP contribution in [0.15, 0.2) is 42.5 Å². The second-order valence-electron chi connectivity index (χ2n) is 6.71. The topological polar surface area (TPSA) is 55.4 Å². The summed E-state index contributed by atoms with van der Waals surface area (Å²) in [7, 11) is 0. The van der Waals surface area contributed by atoms with Crippen LogP contribution < -0.4 is 5.32 Å². The molecule has 1 aliphatic rings. The molecule has 2 aromatic rings. The van der Waals surface area contributed by atoms with Crippen molar-refractivity contribution < 1.29 is 14.3 Å². The van der Waals surface area contributed by atoms with Crippen LogP contribution in [0, 0.1) is 0 Å². The molecule has 1 N–H and O–H groups in total. The maximum Gasteiger partial charge on any atom is 0.339 e. The molecule has 4 heteroatoms. The number of esters is 1. The molecule has 1 aliphatic carbocycles. The molecular formula is C21H25NO3. The van der Waals surface area contributed by atoms with Gasteiger partial charge in [-0.2, -0.15) is 0 Å². The van der Waals surface area contributed by atoms with Gasteiger partial charge in [-0.3, -0.25) is 4.79 Å². The maximum atomic E-state index is 12.4. The van der Waals surface area contributed by atoms with E-state index in [0.29, 0.717) is 5.56 Å². The van der Waals surface area contributed by atoms with Gasteiger partial charge in [0.2, 0.25) is 0 Å². The van der Waals surface area contributed by atoms with Gasteiger partial charge in [-0.1, -0.05) is 68.5 Å². The van der Waals surface area contributed by atoms with E-state index in [9.17, 15) is 9.59 Å². The van der Waals surface area contributed by atoms with Crippen molar-refractivity contribution in [3.05, 3.63) is 48.0 Å². The molecule has 4 nitrogen and oxygen atoms in total. The lowest BCUT2D eigenvalue weighted by atomic mass is 9.97. The summed E-state index contributed by atoms with van der Waals surface area (Å²) < 4.78 is 5.24. The molecule has 0 aromatic heterocycles. The quantitative estimate of drug-likeness (QED) is 0.848. The van der Waals surface area contributed by atoms with Gasteiger partial charge in [-0.15, -0.1) is 0 Å². The molecular weight excluding hydrogens is 314 g/mol. The molecule has 0 radical (unpaired) electrons. The smallest absolute Gasteiger partial charge is 0.339 e. The number of hydrogen-bond acceptors (Lipinski definition) is 3. The van der Waals surface area contributed by atoms with Gasteiger partial charge in [-0.25, -0.2) is 4.79 Å². The van der Waals surface area contributed by atoms with E-state index in [4.69, 9.17) is 4.74 Å². The van der Waals surface area contributed by atoms with Crippen LogP contribution in [0.25, 0.3) is 10.8 Å². The highest BCUT2D eigenvalue weighted by Crippen LogP contribution is 2.19. The average molecular weight is 339 g/mol. The lowest BCUT2D eigenvalue weighted by molar-refractivity contribution is -0.125. The van der Waals surface area contributed by atoms with Crippen LogP contribution in [0.2, 0.25) is 0 Å². The number of amides is 1. The Morgan fingerprint density at radius 1 is 0.920 bits per heavy atom. The highest BCUT2D eigenvalue weighted by Gasteiger charge is 2.16. The van der Waals surface area contributed by atoms with E-state index in [2.05, 4.69) is 5.32 Å². The first kappa shape index (κ1) is 17.5. The van der Waals surface area contributed by atoms with Crippen molar-refractivity contribution in [3.63, 3.8) is 0 Å². The molecule has 0 saturated heterocycles. The van der Waals surface area contributed by atoms with E-state index in [1.807, 2.05) is 36.4 Å². The Labute approximate surface area is 148 Å². The Morgan fingerprint density at radius 3 is 2.40 bits per heavy atom. The second kappa shape index (κ2) is 8.65. The van der Waals surface area contributed by atoms with Crippen LogP contribution in [0.1, 0.15) is 55.3 Å². The average Bonchev–Trinajstić information content (AvgIpc) is 2.61. The lowest BCUT2D eigenvalue weighted by Crippen LogP contribution is -2.38. The summed E-state index contributed by atoms with van der Waals surface area (Å²) in [6.07, 6.45) is 8.11. The van der Waals surface area contributed by atoms with Gasteiger partial charge in [-0.05, 0) is 29.7 Å². The van der Waals surface area contributed by atoms with Gasteiger partial charge >= 0.3 is 5.97 Å². The summed E-state index contributed by atoms with van der Waals surface area (Å²) in [5, 5.41) is 4.84. The molecule has 132 valence electrons. The molecule has 0 spiro atoms. The van der Waals surface area contributed by atoms with Crippen molar-refractivity contribution in [1.29, 1.82) is 0 Å². The number of ether oxygens (including phenoxy) is 1. The molecule has 25 heavy (non-hydrogen) atoms. The molecule has 2 aromatic carbocycles. The number of nitrogens with one attached hydrogen (secondary N) is 1. The molecule has 0 aliphatic heterocycles. The molecule has 1 saturated carbocycles. The first-order valence-electron chi connectivity index (χ1n) is 9.18. The zero-order valence-corrected chi connectivity index (χ0v) is 14.5. The zero-order chi connectivity index (χ0) is 17.5. The Hall–Kier alpha value is -2.36. The predicted molar refractivity (Wildman–Crippen MR) is 98.5 cm³/mol. The molecule has 0 bridgehead atoms. The molecule has 3 rings (SSSR count). The number of rotatable bonds is 4. The maximum absolute atomic E-state index is 12.4. The molecule has 0 atom stereocenters. The van der Waals surface area contributed by atoms with Gasteiger partial charge in [0.1, 0.15) is 0 Å². The minimum atomic E-state index is -0.454. The van der Waals surface area contributed by atoms with Crippen molar-refractivity contribution in [3.8, 4) is 0 Å². The molecule has 0 unspecified atom stereocenters. The fourth-order valence-corrected chi connectivity index (χ4v) is 3.48. The summed E-state index contributed by atoms with van der Waals surface area (Å²) in [6.45, 7) is -0.224. The second-order valence-corrected chi connectivity index (χ2v) is 6.71. The number of carbonyl (C=O) groups is 2.